The molecule has 0 spiro atoms. The van der Waals surface area contributed by atoms with E-state index < -0.39 is 12.5 Å². The zero-order valence-electron chi connectivity index (χ0n) is 11.4. The first-order chi connectivity index (χ1) is 10.1. The maximum Gasteiger partial charge on any atom is 0.245 e. The molecule has 2 atom stereocenters. The summed E-state index contributed by atoms with van der Waals surface area (Å²) in [6, 6.07) is 5.50. The average Bonchev–Trinajstić information content (AvgIpc) is 2.73. The molecular formula is C14H18Cl2N2O3. The van der Waals surface area contributed by atoms with Gasteiger partial charge in [0.15, 0.2) is 0 Å². The van der Waals surface area contributed by atoms with Gasteiger partial charge in [-0.3, -0.25) is 4.79 Å². The second-order valence-corrected chi connectivity index (χ2v) is 5.67. The standard InChI is InChI=1S/C14H18Cl2N2O3/c15-11-2-1-9(5-12(11)16)10-6-17-3-4-21-13(10)7-18-14(20)8-19/h1-2,5,10,13,17,19H,3-4,6-8H2,(H,18,20)/t10-,13-/m0/s1. The molecule has 0 radical (unpaired) electrons. The highest BCUT2D eigenvalue weighted by Crippen LogP contribution is 2.29. The lowest BCUT2D eigenvalue weighted by molar-refractivity contribution is -0.124. The maximum atomic E-state index is 11.2. The molecule has 0 aromatic heterocycles. The van der Waals surface area contributed by atoms with Gasteiger partial charge in [-0.25, -0.2) is 0 Å². The second-order valence-electron chi connectivity index (χ2n) is 4.86. The van der Waals surface area contributed by atoms with E-state index in [9.17, 15) is 4.79 Å². The number of benzene rings is 1. The Morgan fingerprint density at radius 1 is 1.43 bits per heavy atom. The van der Waals surface area contributed by atoms with E-state index in [1.54, 1.807) is 6.07 Å². The van der Waals surface area contributed by atoms with Crippen LogP contribution >= 0.6 is 23.2 Å². The quantitative estimate of drug-likeness (QED) is 0.774. The van der Waals surface area contributed by atoms with Gasteiger partial charge in [0, 0.05) is 25.6 Å². The smallest absolute Gasteiger partial charge is 0.245 e. The van der Waals surface area contributed by atoms with Crippen LogP contribution in [0, 0.1) is 0 Å². The number of halogens is 2. The van der Waals surface area contributed by atoms with Crippen molar-refractivity contribution in [2.24, 2.45) is 0 Å². The minimum Gasteiger partial charge on any atom is -0.387 e. The second kappa shape index (κ2) is 7.96. The third-order valence-corrected chi connectivity index (χ3v) is 4.18. The number of amides is 1. The van der Waals surface area contributed by atoms with Crippen LogP contribution in [0.3, 0.4) is 0 Å². The van der Waals surface area contributed by atoms with Crippen LogP contribution in [0.5, 0.6) is 0 Å². The fourth-order valence-corrected chi connectivity index (χ4v) is 2.64. The van der Waals surface area contributed by atoms with Gasteiger partial charge in [-0.2, -0.15) is 0 Å². The number of carbonyl (C=O) groups is 1. The first kappa shape index (κ1) is 16.5. The molecule has 0 saturated carbocycles. The Balaban J connectivity index is 2.14. The molecule has 1 aromatic carbocycles. The van der Waals surface area contributed by atoms with Crippen molar-refractivity contribution in [3.63, 3.8) is 0 Å². The summed E-state index contributed by atoms with van der Waals surface area (Å²) in [5, 5.41) is 15.7. The SMILES string of the molecule is O=C(CO)NC[C@@H]1OCCNC[C@H]1c1ccc(Cl)c(Cl)c1. The average molecular weight is 333 g/mol. The van der Waals surface area contributed by atoms with Crippen LogP contribution in [0.1, 0.15) is 11.5 Å². The molecule has 1 heterocycles. The third-order valence-electron chi connectivity index (χ3n) is 3.44. The van der Waals surface area contributed by atoms with Crippen molar-refractivity contribution in [3.05, 3.63) is 33.8 Å². The monoisotopic (exact) mass is 332 g/mol. The summed E-state index contributed by atoms with van der Waals surface area (Å²) in [4.78, 5) is 11.2. The zero-order valence-corrected chi connectivity index (χ0v) is 13.0. The summed E-state index contributed by atoms with van der Waals surface area (Å²) in [6.45, 7) is 1.85. The molecule has 5 nitrogen and oxygen atoms in total. The predicted octanol–water partition coefficient (Wildman–Crippen LogP) is 1.17. The van der Waals surface area contributed by atoms with Crippen molar-refractivity contribution in [2.75, 3.05) is 32.8 Å². The van der Waals surface area contributed by atoms with Gasteiger partial charge < -0.3 is 20.5 Å². The summed E-state index contributed by atoms with van der Waals surface area (Å²) in [7, 11) is 0. The molecule has 1 amide bonds. The summed E-state index contributed by atoms with van der Waals surface area (Å²) < 4.78 is 5.80. The van der Waals surface area contributed by atoms with Gasteiger partial charge >= 0.3 is 0 Å². The Kier molecular flexibility index (Phi) is 6.26. The molecule has 2 rings (SSSR count). The minimum atomic E-state index is -0.525. The third kappa shape index (κ3) is 4.56. The molecule has 0 unspecified atom stereocenters. The lowest BCUT2D eigenvalue weighted by Crippen LogP contribution is -2.39. The van der Waals surface area contributed by atoms with E-state index in [4.69, 9.17) is 33.0 Å². The van der Waals surface area contributed by atoms with Gasteiger partial charge in [0.05, 0.1) is 22.8 Å². The fraction of sp³-hybridized carbons (Fsp3) is 0.500. The number of aliphatic hydroxyl groups excluding tert-OH is 1. The van der Waals surface area contributed by atoms with Crippen molar-refractivity contribution in [1.29, 1.82) is 0 Å². The topological polar surface area (TPSA) is 70.6 Å². The van der Waals surface area contributed by atoms with Crippen LogP contribution in [0.25, 0.3) is 0 Å². The van der Waals surface area contributed by atoms with Gasteiger partial charge in [-0.1, -0.05) is 29.3 Å². The summed E-state index contributed by atoms with van der Waals surface area (Å²) in [6.07, 6.45) is -0.187. The van der Waals surface area contributed by atoms with Crippen molar-refractivity contribution in [2.45, 2.75) is 12.0 Å². The normalized spacial score (nSPS) is 22.6. The highest BCUT2D eigenvalue weighted by molar-refractivity contribution is 6.42. The number of carbonyl (C=O) groups excluding carboxylic acids is 1. The van der Waals surface area contributed by atoms with E-state index in [-0.39, 0.29) is 12.0 Å². The van der Waals surface area contributed by atoms with Gasteiger partial charge in [-0.05, 0) is 17.7 Å². The first-order valence-corrected chi connectivity index (χ1v) is 7.52. The Labute approximate surface area is 133 Å². The van der Waals surface area contributed by atoms with E-state index >= 15 is 0 Å². The number of hydrogen-bond acceptors (Lipinski definition) is 4. The number of ether oxygens (including phenoxy) is 1. The first-order valence-electron chi connectivity index (χ1n) is 6.76. The van der Waals surface area contributed by atoms with Gasteiger partial charge in [0.25, 0.3) is 0 Å². The van der Waals surface area contributed by atoms with Crippen LogP contribution in [-0.2, 0) is 9.53 Å². The molecule has 116 valence electrons. The predicted molar refractivity (Wildman–Crippen MR) is 81.9 cm³/mol. The number of nitrogens with one attached hydrogen (secondary N) is 2. The number of aliphatic hydroxyl groups is 1. The van der Waals surface area contributed by atoms with Crippen molar-refractivity contribution >= 4 is 29.1 Å². The van der Waals surface area contributed by atoms with Crippen LogP contribution < -0.4 is 10.6 Å². The van der Waals surface area contributed by atoms with Gasteiger partial charge in [-0.15, -0.1) is 0 Å². The molecule has 0 aliphatic carbocycles. The summed E-state index contributed by atoms with van der Waals surface area (Å²) in [5.41, 5.74) is 1.00. The maximum absolute atomic E-state index is 11.2. The van der Waals surface area contributed by atoms with E-state index in [1.807, 2.05) is 12.1 Å². The Hall–Kier alpha value is -0.850. The Morgan fingerprint density at radius 3 is 2.95 bits per heavy atom. The number of hydrogen-bond donors (Lipinski definition) is 3. The minimum absolute atomic E-state index is 0.0428. The molecule has 7 heteroatoms. The van der Waals surface area contributed by atoms with Gasteiger partial charge in [0.1, 0.15) is 6.61 Å². The zero-order chi connectivity index (χ0) is 15.2. The van der Waals surface area contributed by atoms with E-state index in [2.05, 4.69) is 10.6 Å². The van der Waals surface area contributed by atoms with Crippen LogP contribution in [0.2, 0.25) is 10.0 Å². The van der Waals surface area contributed by atoms with E-state index in [1.165, 1.54) is 0 Å². The molecule has 3 N–H and O–H groups in total. The van der Waals surface area contributed by atoms with Crippen LogP contribution in [0.15, 0.2) is 18.2 Å². The van der Waals surface area contributed by atoms with Crippen LogP contribution in [0.4, 0.5) is 0 Å². The molecule has 1 aromatic rings. The Bertz CT molecular complexity index is 499. The molecule has 1 aliphatic rings. The van der Waals surface area contributed by atoms with Crippen LogP contribution in [-0.4, -0.2) is 50.0 Å². The van der Waals surface area contributed by atoms with Gasteiger partial charge in [0.2, 0.25) is 5.91 Å². The lowest BCUT2D eigenvalue weighted by atomic mass is 9.93. The largest absolute Gasteiger partial charge is 0.387 e. The summed E-state index contributed by atoms with van der Waals surface area (Å²) >= 11 is 12.0. The molecule has 1 saturated heterocycles. The molecule has 1 fully saturated rings. The molecule has 21 heavy (non-hydrogen) atoms. The van der Waals surface area contributed by atoms with Crippen molar-refractivity contribution in [3.8, 4) is 0 Å². The van der Waals surface area contributed by atoms with Crippen molar-refractivity contribution in [1.82, 2.24) is 10.6 Å². The highest BCUT2D eigenvalue weighted by Gasteiger charge is 2.26. The Morgan fingerprint density at radius 2 is 2.24 bits per heavy atom. The lowest BCUT2D eigenvalue weighted by Gasteiger charge is -2.25. The van der Waals surface area contributed by atoms with Crippen molar-refractivity contribution < 1.29 is 14.6 Å². The fourth-order valence-electron chi connectivity index (χ4n) is 2.33. The summed E-state index contributed by atoms with van der Waals surface area (Å²) in [5.74, 6) is -0.370. The molecular weight excluding hydrogens is 315 g/mol. The molecule has 0 bridgehead atoms. The molecule has 1 aliphatic heterocycles. The van der Waals surface area contributed by atoms with E-state index in [0.29, 0.717) is 23.2 Å². The van der Waals surface area contributed by atoms with E-state index in [0.717, 1.165) is 18.7 Å². The number of rotatable bonds is 4. The highest BCUT2D eigenvalue weighted by atomic mass is 35.5.